The Morgan fingerprint density at radius 1 is 0.842 bits per heavy atom. The minimum Gasteiger partial charge on any atom is -0.427 e. The highest BCUT2D eigenvalue weighted by molar-refractivity contribution is 6.14. The Bertz CT molecular complexity index is 1460. The van der Waals surface area contributed by atoms with Crippen LogP contribution in [-0.2, 0) is 20.8 Å². The van der Waals surface area contributed by atoms with E-state index in [1.165, 1.54) is 11.8 Å². The molecule has 3 aliphatic heterocycles. The molecule has 190 valence electrons. The Labute approximate surface area is 220 Å². The molecule has 0 radical (unpaired) electrons. The van der Waals surface area contributed by atoms with Gasteiger partial charge in [0, 0.05) is 24.7 Å². The number of para-hydroxylation sites is 1. The van der Waals surface area contributed by atoms with Gasteiger partial charge in [-0.15, -0.1) is 0 Å². The molecule has 7 heteroatoms. The summed E-state index contributed by atoms with van der Waals surface area (Å²) in [5.74, 6) is -2.32. The molecule has 3 aromatic carbocycles. The Kier molecular flexibility index (Phi) is 5.91. The fourth-order valence-corrected chi connectivity index (χ4v) is 6.01. The second-order valence-corrected chi connectivity index (χ2v) is 9.86. The number of esters is 1. The van der Waals surface area contributed by atoms with Gasteiger partial charge in [-0.3, -0.25) is 24.1 Å². The maximum absolute atomic E-state index is 14.1. The predicted molar refractivity (Wildman–Crippen MR) is 141 cm³/mol. The average molecular weight is 507 g/mol. The number of Topliss-reactive ketones (excluding diaryl/α,β-unsaturated/α-hetero) is 1. The molecular formula is C31H26N2O5. The molecule has 38 heavy (non-hydrogen) atoms. The molecule has 0 spiro atoms. The zero-order valence-corrected chi connectivity index (χ0v) is 20.8. The van der Waals surface area contributed by atoms with Crippen molar-refractivity contribution in [3.05, 3.63) is 102 Å². The summed E-state index contributed by atoms with van der Waals surface area (Å²) in [5.41, 5.74) is 3.20. The maximum Gasteiger partial charge on any atom is 0.308 e. The Morgan fingerprint density at radius 3 is 2.26 bits per heavy atom. The summed E-state index contributed by atoms with van der Waals surface area (Å²) < 4.78 is 5.11. The van der Waals surface area contributed by atoms with Crippen LogP contribution < -0.4 is 9.64 Å². The number of rotatable bonds is 6. The number of imide groups is 1. The first-order chi connectivity index (χ1) is 18.4. The van der Waals surface area contributed by atoms with Crippen LogP contribution in [0, 0.1) is 11.8 Å². The first-order valence-electron chi connectivity index (χ1n) is 12.7. The number of benzene rings is 3. The summed E-state index contributed by atoms with van der Waals surface area (Å²) in [6.07, 6.45) is 4.47. The SMILES string of the molecule is CC(=O)Oc1ccc(C(=O)[C@@H]2[C@@H]3C(=O)N(CCc4ccccc4)C(=O)[C@H]3[C@H]3C=Cc4ccccc4N32)cc1. The van der Waals surface area contributed by atoms with E-state index in [2.05, 4.69) is 0 Å². The van der Waals surface area contributed by atoms with E-state index in [4.69, 9.17) is 4.74 Å². The van der Waals surface area contributed by atoms with Crippen LogP contribution in [0.5, 0.6) is 5.75 Å². The van der Waals surface area contributed by atoms with E-state index in [9.17, 15) is 19.2 Å². The summed E-state index contributed by atoms with van der Waals surface area (Å²) in [7, 11) is 0. The van der Waals surface area contributed by atoms with E-state index in [0.717, 1.165) is 16.8 Å². The first kappa shape index (κ1) is 23.9. The van der Waals surface area contributed by atoms with Crippen LogP contribution in [0.2, 0.25) is 0 Å². The normalized spacial score (nSPS) is 23.2. The third-order valence-electron chi connectivity index (χ3n) is 7.64. The molecule has 0 saturated carbocycles. The third kappa shape index (κ3) is 3.91. The van der Waals surface area contributed by atoms with E-state index in [-0.39, 0.29) is 24.1 Å². The number of nitrogens with zero attached hydrogens (tertiary/aromatic N) is 2. The molecule has 2 fully saturated rings. The fourth-order valence-electron chi connectivity index (χ4n) is 6.01. The Balaban J connectivity index is 1.36. The highest BCUT2D eigenvalue weighted by Gasteiger charge is 2.63. The molecule has 7 nitrogen and oxygen atoms in total. The number of amides is 2. The van der Waals surface area contributed by atoms with E-state index in [1.54, 1.807) is 24.3 Å². The lowest BCUT2D eigenvalue weighted by atomic mass is 9.86. The van der Waals surface area contributed by atoms with Gasteiger partial charge in [0.1, 0.15) is 11.8 Å². The van der Waals surface area contributed by atoms with Crippen LogP contribution in [0.3, 0.4) is 0 Å². The number of ketones is 1. The minimum atomic E-state index is -0.839. The van der Waals surface area contributed by atoms with E-state index >= 15 is 0 Å². The van der Waals surface area contributed by atoms with Gasteiger partial charge in [0.2, 0.25) is 11.8 Å². The van der Waals surface area contributed by atoms with Crippen LogP contribution in [0.15, 0.2) is 84.9 Å². The van der Waals surface area contributed by atoms with Gasteiger partial charge in [0.25, 0.3) is 0 Å². The molecule has 0 aliphatic carbocycles. The molecule has 0 N–H and O–H groups in total. The first-order valence-corrected chi connectivity index (χ1v) is 12.7. The molecule has 6 rings (SSSR count). The minimum absolute atomic E-state index is 0.226. The van der Waals surface area contributed by atoms with Crippen LogP contribution in [0.25, 0.3) is 6.08 Å². The topological polar surface area (TPSA) is 84.0 Å². The number of carbonyl (C=O) groups is 4. The molecule has 3 aliphatic rings. The van der Waals surface area contributed by atoms with Crippen LogP contribution in [0.4, 0.5) is 5.69 Å². The third-order valence-corrected chi connectivity index (χ3v) is 7.64. The van der Waals surface area contributed by atoms with Crippen molar-refractivity contribution in [2.75, 3.05) is 11.4 Å². The van der Waals surface area contributed by atoms with Crippen LogP contribution in [0.1, 0.15) is 28.4 Å². The number of carbonyl (C=O) groups excluding carboxylic acids is 4. The number of hydrogen-bond acceptors (Lipinski definition) is 6. The largest absolute Gasteiger partial charge is 0.427 e. The van der Waals surface area contributed by atoms with Crippen molar-refractivity contribution in [2.45, 2.75) is 25.4 Å². The Morgan fingerprint density at radius 2 is 1.53 bits per heavy atom. The quantitative estimate of drug-likeness (QED) is 0.218. The highest BCUT2D eigenvalue weighted by atomic mass is 16.5. The molecule has 2 amide bonds. The summed E-state index contributed by atoms with van der Waals surface area (Å²) in [6, 6.07) is 22.5. The fraction of sp³-hybridized carbons (Fsp3) is 0.226. The number of likely N-dealkylation sites (tertiary alicyclic amines) is 1. The molecule has 2 saturated heterocycles. The van der Waals surface area contributed by atoms with Gasteiger partial charge in [-0.25, -0.2) is 0 Å². The van der Waals surface area contributed by atoms with Crippen molar-refractivity contribution < 1.29 is 23.9 Å². The Hall–Kier alpha value is -4.52. The number of hydrogen-bond donors (Lipinski definition) is 0. The lowest BCUT2D eigenvalue weighted by Crippen LogP contribution is -2.49. The van der Waals surface area contributed by atoms with Crippen molar-refractivity contribution in [2.24, 2.45) is 11.8 Å². The predicted octanol–water partition coefficient (Wildman–Crippen LogP) is 3.92. The lowest BCUT2D eigenvalue weighted by molar-refractivity contribution is -0.140. The van der Waals surface area contributed by atoms with Crippen molar-refractivity contribution in [1.29, 1.82) is 0 Å². The van der Waals surface area contributed by atoms with Gasteiger partial charge in [-0.2, -0.15) is 0 Å². The molecule has 3 aromatic rings. The average Bonchev–Trinajstić information content (AvgIpc) is 3.40. The molecule has 3 heterocycles. The summed E-state index contributed by atoms with van der Waals surface area (Å²) in [6.45, 7) is 1.59. The monoisotopic (exact) mass is 506 g/mol. The van der Waals surface area contributed by atoms with E-state index in [0.29, 0.717) is 17.7 Å². The van der Waals surface area contributed by atoms with Crippen molar-refractivity contribution >= 4 is 35.3 Å². The summed E-state index contributed by atoms with van der Waals surface area (Å²) in [4.78, 5) is 56.2. The highest BCUT2D eigenvalue weighted by Crippen LogP contribution is 2.49. The standard InChI is InChI=1S/C31H26N2O5/c1-19(34)38-23-14-11-22(12-15-23)29(35)28-27-26(25-16-13-21-9-5-6-10-24(21)33(25)28)30(36)32(31(27)37)18-17-20-7-3-2-4-8-20/h2-16,25-28H,17-18H2,1H3/t25-,26+,27-,28+/m1/s1. The molecule has 0 aromatic heterocycles. The van der Waals surface area contributed by atoms with Crippen LogP contribution >= 0.6 is 0 Å². The van der Waals surface area contributed by atoms with Gasteiger partial charge in [0.15, 0.2) is 5.78 Å². The lowest BCUT2D eigenvalue weighted by Gasteiger charge is -2.36. The number of fused-ring (bicyclic) bond motifs is 5. The van der Waals surface area contributed by atoms with Crippen molar-refractivity contribution in [3.63, 3.8) is 0 Å². The number of ether oxygens (including phenoxy) is 1. The second-order valence-electron chi connectivity index (χ2n) is 9.86. The molecule has 4 atom stereocenters. The maximum atomic E-state index is 14.1. The molecule has 0 bridgehead atoms. The van der Waals surface area contributed by atoms with Gasteiger partial charge < -0.3 is 9.64 Å². The number of anilines is 1. The zero-order chi connectivity index (χ0) is 26.4. The van der Waals surface area contributed by atoms with Crippen LogP contribution in [-0.4, -0.2) is 47.1 Å². The zero-order valence-electron chi connectivity index (χ0n) is 20.8. The molecule has 0 unspecified atom stereocenters. The van der Waals surface area contributed by atoms with Gasteiger partial charge in [-0.05, 0) is 47.9 Å². The summed E-state index contributed by atoms with van der Waals surface area (Å²) >= 11 is 0. The van der Waals surface area contributed by atoms with Gasteiger partial charge in [0.05, 0.1) is 17.9 Å². The van der Waals surface area contributed by atoms with Gasteiger partial charge >= 0.3 is 5.97 Å². The second kappa shape index (κ2) is 9.41. The smallest absolute Gasteiger partial charge is 0.308 e. The van der Waals surface area contributed by atoms with E-state index in [1.807, 2.05) is 71.6 Å². The molecular weight excluding hydrogens is 480 g/mol. The van der Waals surface area contributed by atoms with Crippen molar-refractivity contribution in [3.8, 4) is 5.75 Å². The van der Waals surface area contributed by atoms with E-state index < -0.39 is 29.9 Å². The van der Waals surface area contributed by atoms with Gasteiger partial charge in [-0.1, -0.05) is 60.7 Å². The summed E-state index contributed by atoms with van der Waals surface area (Å²) in [5, 5.41) is 0. The van der Waals surface area contributed by atoms with Crippen molar-refractivity contribution in [1.82, 2.24) is 4.90 Å².